The van der Waals surface area contributed by atoms with E-state index < -0.39 is 5.60 Å². The maximum Gasteiger partial charge on any atom is 0.339 e. The Bertz CT molecular complexity index is 526. The van der Waals surface area contributed by atoms with Gasteiger partial charge in [-0.3, -0.25) is 0 Å². The molecule has 0 N–H and O–H groups in total. The summed E-state index contributed by atoms with van der Waals surface area (Å²) in [6, 6.07) is 0. The van der Waals surface area contributed by atoms with Crippen LogP contribution in [0.1, 0.15) is 207 Å². The first-order valence-electron chi connectivity index (χ1n) is 18.1. The van der Waals surface area contributed by atoms with Crippen molar-refractivity contribution in [2.24, 2.45) is 5.92 Å². The minimum atomic E-state index is -0.810. The zero-order valence-corrected chi connectivity index (χ0v) is 29.0. The van der Waals surface area contributed by atoms with E-state index in [1.807, 2.05) is 0 Å². The number of unbranched alkanes of at least 4 members (excludes halogenated alkanes) is 23. The lowest BCUT2D eigenvalue weighted by Gasteiger charge is -2.35. The van der Waals surface area contributed by atoms with Gasteiger partial charge in [0.15, 0.2) is 5.60 Å². The molecule has 0 fully saturated rings. The van der Waals surface area contributed by atoms with Crippen LogP contribution in [-0.2, 0) is 14.1 Å². The Morgan fingerprint density at radius 2 is 0.900 bits per heavy atom. The Morgan fingerprint density at radius 1 is 0.550 bits per heavy atom. The minimum absolute atomic E-state index is 0.124. The second-order valence-electron chi connectivity index (χ2n) is 12.7. The SMILES string of the molecule is CCCCCCCCCCCCCCCCOC(=O)C(CCCCCC)(OP)C(C)CCCCCCCCCC. The Morgan fingerprint density at radius 3 is 1.30 bits per heavy atom. The zero-order valence-electron chi connectivity index (χ0n) is 27.9. The van der Waals surface area contributed by atoms with Crippen molar-refractivity contribution >= 4 is 15.4 Å². The van der Waals surface area contributed by atoms with Crippen LogP contribution in [0.15, 0.2) is 0 Å². The first-order chi connectivity index (χ1) is 19.6. The van der Waals surface area contributed by atoms with Gasteiger partial charge in [-0.25, -0.2) is 4.79 Å². The molecule has 0 amide bonds. The topological polar surface area (TPSA) is 35.5 Å². The molecule has 0 heterocycles. The molecule has 3 unspecified atom stereocenters. The van der Waals surface area contributed by atoms with Gasteiger partial charge in [-0.2, -0.15) is 0 Å². The summed E-state index contributed by atoms with van der Waals surface area (Å²) in [5.41, 5.74) is -0.810. The Balaban J connectivity index is 4.24. The van der Waals surface area contributed by atoms with Gasteiger partial charge in [-0.15, -0.1) is 0 Å². The molecule has 0 radical (unpaired) electrons. The van der Waals surface area contributed by atoms with Gasteiger partial charge in [0.05, 0.1) is 6.61 Å². The maximum absolute atomic E-state index is 13.4. The number of rotatable bonds is 32. The first kappa shape index (κ1) is 39.9. The Kier molecular flexibility index (Phi) is 30.2. The van der Waals surface area contributed by atoms with Crippen LogP contribution < -0.4 is 0 Å². The van der Waals surface area contributed by atoms with Crippen LogP contribution >= 0.6 is 9.47 Å². The molecule has 0 saturated heterocycles. The zero-order chi connectivity index (χ0) is 29.6. The van der Waals surface area contributed by atoms with Gasteiger partial charge in [-0.05, 0) is 31.6 Å². The van der Waals surface area contributed by atoms with Gasteiger partial charge in [0, 0.05) is 9.47 Å². The lowest BCUT2D eigenvalue weighted by Crippen LogP contribution is -2.47. The number of ether oxygens (including phenoxy) is 1. The van der Waals surface area contributed by atoms with Gasteiger partial charge in [-0.1, -0.05) is 182 Å². The van der Waals surface area contributed by atoms with Crippen molar-refractivity contribution in [3.63, 3.8) is 0 Å². The summed E-state index contributed by atoms with van der Waals surface area (Å²) in [6.07, 6.45) is 35.6. The smallest absolute Gasteiger partial charge is 0.339 e. The second-order valence-corrected chi connectivity index (χ2v) is 13.0. The van der Waals surface area contributed by atoms with Gasteiger partial charge in [0.2, 0.25) is 0 Å². The van der Waals surface area contributed by atoms with Gasteiger partial charge >= 0.3 is 5.97 Å². The molecular formula is C36H73O3P. The van der Waals surface area contributed by atoms with Crippen LogP contribution in [0.25, 0.3) is 0 Å². The number of carbonyl (C=O) groups excluding carboxylic acids is 1. The summed E-state index contributed by atoms with van der Waals surface area (Å²) < 4.78 is 11.9. The summed E-state index contributed by atoms with van der Waals surface area (Å²) in [4.78, 5) is 13.4. The number of hydrogen-bond acceptors (Lipinski definition) is 3. The van der Waals surface area contributed by atoms with Crippen LogP contribution in [0.3, 0.4) is 0 Å². The summed E-state index contributed by atoms with van der Waals surface area (Å²) in [5, 5.41) is 0. The largest absolute Gasteiger partial charge is 0.464 e. The number of esters is 1. The highest BCUT2D eigenvalue weighted by molar-refractivity contribution is 7.10. The first-order valence-corrected chi connectivity index (χ1v) is 18.6. The summed E-state index contributed by atoms with van der Waals surface area (Å²) in [5.74, 6) is 0.0521. The lowest BCUT2D eigenvalue weighted by molar-refractivity contribution is -0.167. The van der Waals surface area contributed by atoms with Crippen molar-refractivity contribution in [2.45, 2.75) is 213 Å². The number of carbonyl (C=O) groups is 1. The second kappa shape index (κ2) is 30.3. The quantitative estimate of drug-likeness (QED) is 0.0448. The van der Waals surface area contributed by atoms with E-state index in [9.17, 15) is 4.79 Å². The monoisotopic (exact) mass is 585 g/mol. The predicted molar refractivity (Wildman–Crippen MR) is 180 cm³/mol. The van der Waals surface area contributed by atoms with E-state index in [2.05, 4.69) is 37.2 Å². The third kappa shape index (κ3) is 21.5. The van der Waals surface area contributed by atoms with Crippen LogP contribution in [0, 0.1) is 5.92 Å². The van der Waals surface area contributed by atoms with E-state index >= 15 is 0 Å². The van der Waals surface area contributed by atoms with Crippen molar-refractivity contribution in [3.8, 4) is 0 Å². The molecule has 3 nitrogen and oxygen atoms in total. The summed E-state index contributed by atoms with van der Waals surface area (Å²) in [6.45, 7) is 9.53. The number of hydrogen-bond donors (Lipinski definition) is 0. The third-order valence-corrected chi connectivity index (χ3v) is 9.40. The van der Waals surface area contributed by atoms with E-state index in [-0.39, 0.29) is 11.9 Å². The molecule has 0 aromatic rings. The van der Waals surface area contributed by atoms with Crippen molar-refractivity contribution < 1.29 is 14.1 Å². The fourth-order valence-electron chi connectivity index (χ4n) is 5.99. The molecule has 0 aromatic heterocycles. The van der Waals surface area contributed by atoms with Gasteiger partial charge < -0.3 is 9.26 Å². The van der Waals surface area contributed by atoms with Crippen LogP contribution in [0.5, 0.6) is 0 Å². The average Bonchev–Trinajstić information content (AvgIpc) is 2.96. The molecule has 0 aliphatic heterocycles. The van der Waals surface area contributed by atoms with E-state index in [1.165, 1.54) is 141 Å². The molecular weight excluding hydrogens is 511 g/mol. The van der Waals surface area contributed by atoms with Crippen molar-refractivity contribution in [2.75, 3.05) is 6.61 Å². The van der Waals surface area contributed by atoms with Crippen molar-refractivity contribution in [3.05, 3.63) is 0 Å². The molecule has 0 aromatic carbocycles. The fourth-order valence-corrected chi connectivity index (χ4v) is 6.43. The molecule has 0 spiro atoms. The van der Waals surface area contributed by atoms with Gasteiger partial charge in [0.25, 0.3) is 0 Å². The van der Waals surface area contributed by atoms with E-state index in [4.69, 9.17) is 9.26 Å². The fraction of sp³-hybridized carbons (Fsp3) is 0.972. The molecule has 0 aliphatic rings. The molecule has 240 valence electrons. The highest BCUT2D eigenvalue weighted by atomic mass is 31.0. The Labute approximate surface area is 254 Å². The molecule has 0 bridgehead atoms. The standard InChI is InChI=1S/C36H73O3P/c1-5-8-11-14-16-18-19-20-21-22-23-25-27-30-33-38-35(37)36(39-40,32-29-13-10-7-3)34(4)31-28-26-24-17-15-12-9-6-2/h34H,5-33,40H2,1-4H3. The highest BCUT2D eigenvalue weighted by Crippen LogP contribution is 2.36. The lowest BCUT2D eigenvalue weighted by atomic mass is 9.81. The summed E-state index contributed by atoms with van der Waals surface area (Å²) >= 11 is 0. The highest BCUT2D eigenvalue weighted by Gasteiger charge is 2.44. The van der Waals surface area contributed by atoms with Crippen LogP contribution in [-0.4, -0.2) is 18.2 Å². The summed E-state index contributed by atoms with van der Waals surface area (Å²) in [7, 11) is 2.42. The molecule has 4 heteroatoms. The van der Waals surface area contributed by atoms with E-state index in [1.54, 1.807) is 0 Å². The van der Waals surface area contributed by atoms with E-state index in [0.717, 1.165) is 38.5 Å². The predicted octanol–water partition coefficient (Wildman–Crippen LogP) is 12.7. The minimum Gasteiger partial charge on any atom is -0.464 e. The molecule has 0 rings (SSSR count). The maximum atomic E-state index is 13.4. The third-order valence-electron chi connectivity index (χ3n) is 8.98. The molecule has 3 atom stereocenters. The Hall–Kier alpha value is -0.140. The van der Waals surface area contributed by atoms with Crippen molar-refractivity contribution in [1.29, 1.82) is 0 Å². The normalized spacial score (nSPS) is 13.8. The van der Waals surface area contributed by atoms with Crippen LogP contribution in [0.4, 0.5) is 0 Å². The molecule has 0 aliphatic carbocycles. The molecule has 40 heavy (non-hydrogen) atoms. The van der Waals surface area contributed by atoms with E-state index in [0.29, 0.717) is 6.61 Å². The van der Waals surface area contributed by atoms with Crippen molar-refractivity contribution in [1.82, 2.24) is 0 Å². The average molecular weight is 585 g/mol. The van der Waals surface area contributed by atoms with Crippen LogP contribution in [0.2, 0.25) is 0 Å². The molecule has 0 saturated carbocycles. The van der Waals surface area contributed by atoms with Gasteiger partial charge in [0.1, 0.15) is 0 Å².